The molecule has 1 aromatic heterocycles. The van der Waals surface area contributed by atoms with E-state index < -0.39 is 0 Å². The molecule has 1 aromatic rings. The minimum atomic E-state index is 0.623. The first-order valence-electron chi connectivity index (χ1n) is 3.13. The van der Waals surface area contributed by atoms with E-state index in [1.807, 2.05) is 6.07 Å². The zero-order valence-electron chi connectivity index (χ0n) is 6.60. The van der Waals surface area contributed by atoms with Gasteiger partial charge in [-0.3, -0.25) is 0 Å². The summed E-state index contributed by atoms with van der Waals surface area (Å²) >= 11 is 5.39. The average Bonchev–Trinajstić information content (AvgIpc) is 2.03. The Morgan fingerprint density at radius 1 is 1.42 bits per heavy atom. The lowest BCUT2D eigenvalue weighted by Crippen LogP contribution is -1.94. The van der Waals surface area contributed by atoms with Crippen molar-refractivity contribution >= 4 is 38.5 Å². The van der Waals surface area contributed by atoms with Crippen molar-refractivity contribution in [1.29, 1.82) is 0 Å². The summed E-state index contributed by atoms with van der Waals surface area (Å²) in [5, 5.41) is 0. The molecule has 66 valence electrons. The molecule has 0 aromatic carbocycles. The van der Waals surface area contributed by atoms with Crippen LogP contribution in [0.5, 0.6) is 11.5 Å². The Hall–Kier alpha value is -0.0400. The molecule has 0 fully saturated rings. The van der Waals surface area contributed by atoms with Gasteiger partial charge in [0.25, 0.3) is 0 Å². The van der Waals surface area contributed by atoms with E-state index in [1.165, 1.54) is 0 Å². The van der Waals surface area contributed by atoms with Gasteiger partial charge < -0.3 is 9.47 Å². The van der Waals surface area contributed by atoms with Crippen LogP contribution in [0.4, 0.5) is 0 Å². The molecule has 0 atom stereocenters. The Kier molecular flexibility index (Phi) is 3.57. The van der Waals surface area contributed by atoms with E-state index in [4.69, 9.17) is 9.47 Å². The van der Waals surface area contributed by atoms with E-state index in [0.717, 1.165) is 3.70 Å². The third-order valence-corrected chi connectivity index (χ3v) is 2.38. The number of methoxy groups -OCH3 is 2. The van der Waals surface area contributed by atoms with Crippen molar-refractivity contribution in [1.82, 2.24) is 4.98 Å². The molecule has 1 rings (SSSR count). The third-order valence-electron chi connectivity index (χ3n) is 1.29. The standard InChI is InChI=1S/C7H7BrINO2/c1-11-4-3-5(9)10-7(8)6(4)12-2/h3H,1-2H3. The molecule has 0 amide bonds. The maximum Gasteiger partial charge on any atom is 0.193 e. The van der Waals surface area contributed by atoms with Gasteiger partial charge in [0.15, 0.2) is 16.1 Å². The van der Waals surface area contributed by atoms with E-state index in [2.05, 4.69) is 43.5 Å². The van der Waals surface area contributed by atoms with Gasteiger partial charge in [0.05, 0.1) is 14.2 Å². The van der Waals surface area contributed by atoms with Gasteiger partial charge >= 0.3 is 0 Å². The van der Waals surface area contributed by atoms with Gasteiger partial charge in [-0.1, -0.05) is 0 Å². The molecule has 0 saturated carbocycles. The Balaban J connectivity index is 3.24. The van der Waals surface area contributed by atoms with Crippen molar-refractivity contribution in [2.45, 2.75) is 0 Å². The van der Waals surface area contributed by atoms with Crippen LogP contribution in [0.1, 0.15) is 0 Å². The highest BCUT2D eigenvalue weighted by Crippen LogP contribution is 2.34. The fourth-order valence-corrected chi connectivity index (χ4v) is 2.19. The Labute approximate surface area is 92.7 Å². The first kappa shape index (κ1) is 10.0. The summed E-state index contributed by atoms with van der Waals surface area (Å²) in [6, 6.07) is 1.81. The van der Waals surface area contributed by atoms with Crippen molar-refractivity contribution in [3.63, 3.8) is 0 Å². The number of hydrogen-bond acceptors (Lipinski definition) is 3. The molecular weight excluding hydrogens is 337 g/mol. The smallest absolute Gasteiger partial charge is 0.193 e. The van der Waals surface area contributed by atoms with Gasteiger partial charge in [-0.25, -0.2) is 4.98 Å². The minimum absolute atomic E-state index is 0.623. The first-order valence-corrected chi connectivity index (χ1v) is 5.00. The van der Waals surface area contributed by atoms with Crippen LogP contribution in [0.25, 0.3) is 0 Å². The summed E-state index contributed by atoms with van der Waals surface area (Å²) in [5.74, 6) is 1.31. The van der Waals surface area contributed by atoms with Gasteiger partial charge in [-0.2, -0.15) is 0 Å². The van der Waals surface area contributed by atoms with E-state index in [1.54, 1.807) is 14.2 Å². The van der Waals surface area contributed by atoms with Gasteiger partial charge in [0.1, 0.15) is 3.70 Å². The van der Waals surface area contributed by atoms with E-state index in [-0.39, 0.29) is 0 Å². The topological polar surface area (TPSA) is 31.4 Å². The lowest BCUT2D eigenvalue weighted by Gasteiger charge is -2.08. The first-order chi connectivity index (χ1) is 5.69. The molecule has 0 spiro atoms. The average molecular weight is 344 g/mol. The second kappa shape index (κ2) is 4.27. The summed E-state index contributed by atoms with van der Waals surface area (Å²) in [5.41, 5.74) is 0. The van der Waals surface area contributed by atoms with Crippen LogP contribution in [-0.2, 0) is 0 Å². The molecule has 12 heavy (non-hydrogen) atoms. The lowest BCUT2D eigenvalue weighted by molar-refractivity contribution is 0.350. The monoisotopic (exact) mass is 343 g/mol. The van der Waals surface area contributed by atoms with Crippen LogP contribution in [0.2, 0.25) is 0 Å². The molecule has 1 heterocycles. The van der Waals surface area contributed by atoms with Crippen LogP contribution in [0, 0.1) is 3.70 Å². The van der Waals surface area contributed by atoms with Crippen LogP contribution in [-0.4, -0.2) is 19.2 Å². The number of hydrogen-bond donors (Lipinski definition) is 0. The fourth-order valence-electron chi connectivity index (χ4n) is 0.789. The molecule has 3 nitrogen and oxygen atoms in total. The summed E-state index contributed by atoms with van der Waals surface area (Å²) in [7, 11) is 3.18. The quantitative estimate of drug-likeness (QED) is 0.610. The molecule has 0 saturated heterocycles. The molecule has 0 aliphatic rings. The molecule has 0 aliphatic carbocycles. The molecule has 0 bridgehead atoms. The summed E-state index contributed by atoms with van der Waals surface area (Å²) in [4.78, 5) is 4.15. The lowest BCUT2D eigenvalue weighted by atomic mass is 10.4. The molecule has 0 radical (unpaired) electrons. The number of halogens is 2. The van der Waals surface area contributed by atoms with Crippen molar-refractivity contribution in [3.05, 3.63) is 14.4 Å². The summed E-state index contributed by atoms with van der Waals surface area (Å²) in [6.45, 7) is 0. The van der Waals surface area contributed by atoms with Crippen LogP contribution in [0.15, 0.2) is 10.7 Å². The highest BCUT2D eigenvalue weighted by atomic mass is 127. The maximum absolute atomic E-state index is 5.10. The highest BCUT2D eigenvalue weighted by molar-refractivity contribution is 14.1. The van der Waals surface area contributed by atoms with Crippen molar-refractivity contribution in [3.8, 4) is 11.5 Å². The summed E-state index contributed by atoms with van der Waals surface area (Å²) in [6.07, 6.45) is 0. The van der Waals surface area contributed by atoms with Gasteiger partial charge in [0, 0.05) is 6.07 Å². The zero-order chi connectivity index (χ0) is 9.14. The van der Waals surface area contributed by atoms with Gasteiger partial charge in [-0.15, -0.1) is 0 Å². The van der Waals surface area contributed by atoms with E-state index >= 15 is 0 Å². The molecule has 0 aliphatic heterocycles. The minimum Gasteiger partial charge on any atom is -0.493 e. The Bertz CT molecular complexity index is 293. The highest BCUT2D eigenvalue weighted by Gasteiger charge is 2.10. The largest absolute Gasteiger partial charge is 0.493 e. The van der Waals surface area contributed by atoms with Gasteiger partial charge in [0.2, 0.25) is 0 Å². The van der Waals surface area contributed by atoms with E-state index in [0.29, 0.717) is 16.1 Å². The SMILES string of the molecule is COc1cc(I)nc(Br)c1OC. The second-order valence-corrected chi connectivity index (χ2v) is 3.83. The fraction of sp³-hybridized carbons (Fsp3) is 0.286. The number of nitrogens with zero attached hydrogens (tertiary/aromatic N) is 1. The Morgan fingerprint density at radius 3 is 2.58 bits per heavy atom. The number of ether oxygens (including phenoxy) is 2. The van der Waals surface area contributed by atoms with Crippen LogP contribution < -0.4 is 9.47 Å². The predicted octanol–water partition coefficient (Wildman–Crippen LogP) is 2.47. The third kappa shape index (κ3) is 2.01. The number of rotatable bonds is 2. The zero-order valence-corrected chi connectivity index (χ0v) is 10.3. The molecule has 0 unspecified atom stereocenters. The van der Waals surface area contributed by atoms with Crippen molar-refractivity contribution in [2.24, 2.45) is 0 Å². The van der Waals surface area contributed by atoms with Crippen molar-refractivity contribution in [2.75, 3.05) is 14.2 Å². The van der Waals surface area contributed by atoms with E-state index in [9.17, 15) is 0 Å². The Morgan fingerprint density at radius 2 is 2.08 bits per heavy atom. The molecular formula is C7H7BrINO2. The van der Waals surface area contributed by atoms with Gasteiger partial charge in [-0.05, 0) is 38.5 Å². The summed E-state index contributed by atoms with van der Waals surface area (Å²) < 4.78 is 11.7. The number of aromatic nitrogens is 1. The molecule has 0 N–H and O–H groups in total. The maximum atomic E-state index is 5.10. The normalized spacial score (nSPS) is 9.67. The van der Waals surface area contributed by atoms with Crippen LogP contribution >= 0.6 is 38.5 Å². The second-order valence-electron chi connectivity index (χ2n) is 1.97. The number of pyridine rings is 1. The van der Waals surface area contributed by atoms with Crippen LogP contribution in [0.3, 0.4) is 0 Å². The van der Waals surface area contributed by atoms with Crippen molar-refractivity contribution < 1.29 is 9.47 Å². The molecule has 5 heteroatoms. The predicted molar refractivity (Wildman–Crippen MR) is 57.8 cm³/mol.